The predicted molar refractivity (Wildman–Crippen MR) is 122 cm³/mol. The molecule has 1 aromatic carbocycles. The monoisotopic (exact) mass is 469 g/mol. The zero-order valence-electron chi connectivity index (χ0n) is 19.5. The molecule has 2 aliphatic heterocycles. The first-order valence-electron chi connectivity index (χ1n) is 11.6. The molecule has 1 N–H and O–H groups in total. The lowest BCUT2D eigenvalue weighted by molar-refractivity contribution is -1.03. The summed E-state index contributed by atoms with van der Waals surface area (Å²) in [5, 5.41) is 40.2. The van der Waals surface area contributed by atoms with Crippen LogP contribution < -0.4 is 0 Å². The number of nitro groups is 3. The Bertz CT molecular complexity index is 818. The highest BCUT2D eigenvalue weighted by Crippen LogP contribution is 2.39. The summed E-state index contributed by atoms with van der Waals surface area (Å²) in [6, 6.07) is 0.894. The van der Waals surface area contributed by atoms with Crippen molar-refractivity contribution in [1.82, 2.24) is 0 Å². The first kappa shape index (κ1) is 26.4. The lowest BCUT2D eigenvalue weighted by atomic mass is 10.0. The van der Waals surface area contributed by atoms with Gasteiger partial charge in [0, 0.05) is 0 Å². The maximum absolute atomic E-state index is 10.4. The molecule has 2 aliphatic rings. The van der Waals surface area contributed by atoms with E-state index in [1.807, 2.05) is 0 Å². The van der Waals surface area contributed by atoms with Gasteiger partial charge in [-0.3, -0.25) is 30.3 Å². The molecule has 184 valence electrons. The molecule has 0 atom stereocenters. The molecule has 33 heavy (non-hydrogen) atoms. The van der Waals surface area contributed by atoms with Gasteiger partial charge >= 0.3 is 11.4 Å². The van der Waals surface area contributed by atoms with Crippen LogP contribution in [0.2, 0.25) is 0 Å². The lowest BCUT2D eigenvalue weighted by Crippen LogP contribution is -2.67. The standard InChI is InChI=1S/C15H32N2.C6H3N3O7/c1-3-16(4-2)12-14-17(15-13-16)10-8-6-5-7-9-11-17;10-6-4(8(13)14)1-3(7(11)12)2-5(6)9(15)16/h3-15H2,1-2H3;1-2,10H/q+2;. The molecule has 0 unspecified atom stereocenters. The number of hydrogen-bond acceptors (Lipinski definition) is 7. The lowest BCUT2D eigenvalue weighted by Gasteiger charge is -2.50. The number of phenolic OH excluding ortho intramolecular Hbond substituents is 1. The van der Waals surface area contributed by atoms with E-state index in [0.717, 1.165) is 0 Å². The topological polar surface area (TPSA) is 150 Å². The van der Waals surface area contributed by atoms with E-state index in [0.29, 0.717) is 12.1 Å². The fourth-order valence-corrected chi connectivity index (χ4v) is 4.89. The summed E-state index contributed by atoms with van der Waals surface area (Å²) in [5.41, 5.74) is -3.00. The Morgan fingerprint density at radius 3 is 1.52 bits per heavy atom. The molecule has 12 heteroatoms. The molecule has 0 aromatic heterocycles. The molecule has 0 saturated carbocycles. The van der Waals surface area contributed by atoms with Crippen molar-refractivity contribution < 1.29 is 28.8 Å². The first-order valence-corrected chi connectivity index (χ1v) is 11.6. The highest BCUT2D eigenvalue weighted by atomic mass is 16.6. The minimum absolute atomic E-state index is 0.447. The Labute approximate surface area is 193 Å². The maximum Gasteiger partial charge on any atom is 0.324 e. The van der Waals surface area contributed by atoms with Gasteiger partial charge in [-0.25, -0.2) is 0 Å². The molecule has 0 radical (unpaired) electrons. The average molecular weight is 470 g/mol. The van der Waals surface area contributed by atoms with Gasteiger partial charge in [-0.05, 0) is 39.5 Å². The number of likely N-dealkylation sites (N-methyl/N-ethyl adjacent to an activating group) is 1. The number of nitrogens with zero attached hydrogens (tertiary/aromatic N) is 5. The number of nitro benzene ring substituents is 3. The zero-order chi connectivity index (χ0) is 24.6. The third-order valence-corrected chi connectivity index (χ3v) is 7.36. The van der Waals surface area contributed by atoms with E-state index in [1.165, 1.54) is 93.4 Å². The third kappa shape index (κ3) is 6.57. The second-order valence-corrected chi connectivity index (χ2v) is 9.03. The van der Waals surface area contributed by atoms with Gasteiger partial charge in [0.05, 0.1) is 53.1 Å². The SMILES string of the molecule is CC[N+]1(CC)CC[N+]2(CCCCCCC2)CC1.O=[N+]([O-])c1cc([N+](=O)[O-])c(O)c([N+](=O)[O-])c1. The second kappa shape index (κ2) is 11.3. The first-order chi connectivity index (χ1) is 15.6. The smallest absolute Gasteiger partial charge is 0.324 e. The van der Waals surface area contributed by atoms with Gasteiger partial charge in [0.25, 0.3) is 11.4 Å². The van der Waals surface area contributed by atoms with Crippen LogP contribution in [0.5, 0.6) is 5.75 Å². The van der Waals surface area contributed by atoms with Crippen LogP contribution in [0.15, 0.2) is 12.1 Å². The molecule has 1 spiro atoms. The maximum atomic E-state index is 10.4. The van der Waals surface area contributed by atoms with Crippen molar-refractivity contribution in [3.8, 4) is 5.75 Å². The molecule has 3 rings (SSSR count). The Morgan fingerprint density at radius 1 is 0.727 bits per heavy atom. The Kier molecular flexibility index (Phi) is 9.06. The van der Waals surface area contributed by atoms with E-state index < -0.39 is 37.6 Å². The Balaban J connectivity index is 0.000000234. The van der Waals surface area contributed by atoms with Crippen molar-refractivity contribution in [3.63, 3.8) is 0 Å². The largest absolute Gasteiger partial charge is 0.497 e. The van der Waals surface area contributed by atoms with E-state index in [9.17, 15) is 30.3 Å². The minimum Gasteiger partial charge on any atom is -0.497 e. The quantitative estimate of drug-likeness (QED) is 0.392. The van der Waals surface area contributed by atoms with Crippen LogP contribution in [0, 0.1) is 30.3 Å². The van der Waals surface area contributed by atoms with Crippen LogP contribution in [0.25, 0.3) is 0 Å². The number of hydrogen-bond donors (Lipinski definition) is 1. The highest BCUT2D eigenvalue weighted by Gasteiger charge is 2.40. The number of benzene rings is 1. The van der Waals surface area contributed by atoms with Gasteiger partial charge in [-0.2, -0.15) is 0 Å². The van der Waals surface area contributed by atoms with Gasteiger partial charge in [0.1, 0.15) is 26.2 Å². The van der Waals surface area contributed by atoms with Crippen LogP contribution in [0.1, 0.15) is 46.0 Å². The number of piperazine rings is 1. The number of aromatic hydroxyl groups is 1. The number of non-ortho nitro benzene ring substituents is 1. The summed E-state index contributed by atoms with van der Waals surface area (Å²) in [6.45, 7) is 16.2. The van der Waals surface area contributed by atoms with Crippen molar-refractivity contribution >= 4 is 17.1 Å². The summed E-state index contributed by atoms with van der Waals surface area (Å²) < 4.78 is 2.86. The van der Waals surface area contributed by atoms with Crippen LogP contribution in [0.4, 0.5) is 17.1 Å². The van der Waals surface area contributed by atoms with E-state index in [1.54, 1.807) is 0 Å². The molecule has 12 nitrogen and oxygen atoms in total. The molecule has 2 saturated heterocycles. The van der Waals surface area contributed by atoms with E-state index in [-0.39, 0.29) is 0 Å². The van der Waals surface area contributed by atoms with Crippen molar-refractivity contribution in [2.45, 2.75) is 46.0 Å². The van der Waals surface area contributed by atoms with E-state index >= 15 is 0 Å². The Hall–Kier alpha value is -2.86. The fraction of sp³-hybridized carbons (Fsp3) is 0.714. The van der Waals surface area contributed by atoms with Crippen molar-refractivity contribution in [3.05, 3.63) is 42.5 Å². The van der Waals surface area contributed by atoms with Crippen LogP contribution in [-0.2, 0) is 0 Å². The van der Waals surface area contributed by atoms with E-state index in [2.05, 4.69) is 13.8 Å². The van der Waals surface area contributed by atoms with Crippen molar-refractivity contribution in [1.29, 1.82) is 0 Å². The number of quaternary nitrogens is 2. The zero-order valence-corrected chi connectivity index (χ0v) is 19.5. The summed E-state index contributed by atoms with van der Waals surface area (Å²) in [5.74, 6) is -1.21. The molecular formula is C21H35N5O7+2. The summed E-state index contributed by atoms with van der Waals surface area (Å²) in [7, 11) is 0. The normalized spacial score (nSPS) is 19.5. The van der Waals surface area contributed by atoms with Crippen LogP contribution in [-0.4, -0.2) is 81.2 Å². The molecule has 0 bridgehead atoms. The van der Waals surface area contributed by atoms with Gasteiger partial charge in [0.2, 0.25) is 0 Å². The molecule has 1 aromatic rings. The average Bonchev–Trinajstić information content (AvgIpc) is 2.77. The van der Waals surface area contributed by atoms with Crippen LogP contribution in [0.3, 0.4) is 0 Å². The number of phenols is 1. The Morgan fingerprint density at radius 2 is 1.15 bits per heavy atom. The van der Waals surface area contributed by atoms with Gasteiger partial charge in [0.15, 0.2) is 0 Å². The number of rotatable bonds is 5. The molecule has 0 aliphatic carbocycles. The molecule has 0 amide bonds. The van der Waals surface area contributed by atoms with Gasteiger partial charge in [-0.1, -0.05) is 6.42 Å². The minimum atomic E-state index is -1.21. The van der Waals surface area contributed by atoms with E-state index in [4.69, 9.17) is 5.11 Å². The van der Waals surface area contributed by atoms with Gasteiger partial charge < -0.3 is 14.1 Å². The third-order valence-electron chi connectivity index (χ3n) is 7.36. The summed E-state index contributed by atoms with van der Waals surface area (Å²) >= 11 is 0. The predicted octanol–water partition coefficient (Wildman–Crippen LogP) is 3.75. The second-order valence-electron chi connectivity index (χ2n) is 9.03. The molecular weight excluding hydrogens is 434 g/mol. The summed E-state index contributed by atoms with van der Waals surface area (Å²) in [6.07, 6.45) is 7.43. The van der Waals surface area contributed by atoms with Crippen LogP contribution >= 0.6 is 0 Å². The molecule has 2 fully saturated rings. The summed E-state index contributed by atoms with van der Waals surface area (Å²) in [4.78, 5) is 27.8. The van der Waals surface area contributed by atoms with Crippen molar-refractivity contribution in [2.24, 2.45) is 0 Å². The van der Waals surface area contributed by atoms with Crippen molar-refractivity contribution in [2.75, 3.05) is 52.4 Å². The van der Waals surface area contributed by atoms with Gasteiger partial charge in [-0.15, -0.1) is 0 Å². The fourth-order valence-electron chi connectivity index (χ4n) is 4.89. The highest BCUT2D eigenvalue weighted by molar-refractivity contribution is 5.64. The molecule has 2 heterocycles.